The van der Waals surface area contributed by atoms with Crippen molar-refractivity contribution < 1.29 is 0 Å². The van der Waals surface area contributed by atoms with Gasteiger partial charge in [0, 0.05) is 30.7 Å². The van der Waals surface area contributed by atoms with Crippen LogP contribution in [0.25, 0.3) is 0 Å². The summed E-state index contributed by atoms with van der Waals surface area (Å²) in [5, 5.41) is 3.77. The Morgan fingerprint density at radius 3 is 2.58 bits per heavy atom. The first-order valence-electron chi connectivity index (χ1n) is 7.71. The highest BCUT2D eigenvalue weighted by Crippen LogP contribution is 2.36. The van der Waals surface area contributed by atoms with E-state index >= 15 is 0 Å². The minimum absolute atomic E-state index is 0.675. The molecule has 1 N–H and O–H groups in total. The Morgan fingerprint density at radius 2 is 1.84 bits per heavy atom. The first-order valence-corrected chi connectivity index (χ1v) is 7.71. The van der Waals surface area contributed by atoms with Gasteiger partial charge in [-0.3, -0.25) is 4.90 Å². The molecule has 0 radical (unpaired) electrons. The lowest BCUT2D eigenvalue weighted by atomic mass is 9.82. The van der Waals surface area contributed by atoms with Crippen molar-refractivity contribution in [2.24, 2.45) is 5.92 Å². The molecule has 0 spiro atoms. The standard InChI is InChI=1S/C17H26N2/c1-12-9-16-14(3)19(13(2)10-17(16)18-12)11-15-7-5-4-6-8-15/h4-8,12-14,16-18H,9-11H2,1-3H3/t12?,13-,14+,16?,17?/m1/s1. The molecule has 104 valence electrons. The number of piperidine rings is 1. The molecule has 2 aliphatic rings. The Hall–Kier alpha value is -0.860. The molecule has 3 rings (SSSR count). The third kappa shape index (κ3) is 2.56. The van der Waals surface area contributed by atoms with Gasteiger partial charge in [-0.15, -0.1) is 0 Å². The van der Waals surface area contributed by atoms with Crippen molar-refractivity contribution in [3.63, 3.8) is 0 Å². The zero-order chi connectivity index (χ0) is 13.4. The van der Waals surface area contributed by atoms with Crippen LogP contribution in [0.2, 0.25) is 0 Å². The largest absolute Gasteiger partial charge is 0.311 e. The van der Waals surface area contributed by atoms with E-state index in [2.05, 4.69) is 61.3 Å². The first kappa shape index (κ1) is 13.1. The normalized spacial score (nSPS) is 39.2. The molecule has 2 nitrogen and oxygen atoms in total. The van der Waals surface area contributed by atoms with Crippen LogP contribution in [0.5, 0.6) is 0 Å². The fraction of sp³-hybridized carbons (Fsp3) is 0.647. The van der Waals surface area contributed by atoms with Crippen LogP contribution in [0.3, 0.4) is 0 Å². The summed E-state index contributed by atoms with van der Waals surface area (Å²) in [6.07, 6.45) is 2.63. The SMILES string of the molecule is CC1CC2C(C[C@@H](C)N(Cc3ccccc3)[C@H]2C)N1. The van der Waals surface area contributed by atoms with Crippen molar-refractivity contribution in [1.29, 1.82) is 0 Å². The number of hydrogen-bond acceptors (Lipinski definition) is 2. The zero-order valence-corrected chi connectivity index (χ0v) is 12.3. The smallest absolute Gasteiger partial charge is 0.0239 e. The van der Waals surface area contributed by atoms with Gasteiger partial charge in [-0.25, -0.2) is 0 Å². The maximum absolute atomic E-state index is 3.77. The molecule has 2 heteroatoms. The van der Waals surface area contributed by atoms with Crippen molar-refractivity contribution >= 4 is 0 Å². The Kier molecular flexibility index (Phi) is 3.64. The Labute approximate surface area is 117 Å². The quantitative estimate of drug-likeness (QED) is 0.877. The van der Waals surface area contributed by atoms with Gasteiger partial charge in [-0.05, 0) is 45.1 Å². The third-order valence-corrected chi connectivity index (χ3v) is 5.15. The summed E-state index contributed by atoms with van der Waals surface area (Å²) >= 11 is 0. The topological polar surface area (TPSA) is 15.3 Å². The molecule has 0 aliphatic carbocycles. The molecule has 3 unspecified atom stereocenters. The lowest BCUT2D eigenvalue weighted by molar-refractivity contribution is 0.0426. The molecule has 2 heterocycles. The number of likely N-dealkylation sites (tertiary alicyclic amines) is 1. The van der Waals surface area contributed by atoms with Gasteiger partial charge in [0.15, 0.2) is 0 Å². The summed E-state index contributed by atoms with van der Waals surface area (Å²) in [4.78, 5) is 2.70. The van der Waals surface area contributed by atoms with Crippen molar-refractivity contribution in [3.8, 4) is 0 Å². The van der Waals surface area contributed by atoms with Crippen LogP contribution < -0.4 is 5.32 Å². The Balaban J connectivity index is 1.74. The van der Waals surface area contributed by atoms with Gasteiger partial charge >= 0.3 is 0 Å². The lowest BCUT2D eigenvalue weighted by Crippen LogP contribution is -2.54. The summed E-state index contributed by atoms with van der Waals surface area (Å²) in [6, 6.07) is 13.7. The van der Waals surface area contributed by atoms with Crippen LogP contribution in [0.15, 0.2) is 30.3 Å². The van der Waals surface area contributed by atoms with E-state index in [9.17, 15) is 0 Å². The molecule has 0 aromatic heterocycles. The van der Waals surface area contributed by atoms with Gasteiger partial charge in [-0.1, -0.05) is 30.3 Å². The highest BCUT2D eigenvalue weighted by atomic mass is 15.2. The predicted molar refractivity (Wildman–Crippen MR) is 80.0 cm³/mol. The van der Waals surface area contributed by atoms with Crippen LogP contribution in [-0.4, -0.2) is 29.1 Å². The highest BCUT2D eigenvalue weighted by molar-refractivity contribution is 5.15. The maximum atomic E-state index is 3.77. The van der Waals surface area contributed by atoms with Gasteiger partial charge in [0.25, 0.3) is 0 Å². The lowest BCUT2D eigenvalue weighted by Gasteiger charge is -2.45. The van der Waals surface area contributed by atoms with Gasteiger partial charge in [0.2, 0.25) is 0 Å². The summed E-state index contributed by atoms with van der Waals surface area (Å²) in [6.45, 7) is 8.24. The fourth-order valence-electron chi connectivity index (χ4n) is 4.15. The van der Waals surface area contributed by atoms with E-state index in [-0.39, 0.29) is 0 Å². The van der Waals surface area contributed by atoms with Crippen LogP contribution in [0, 0.1) is 5.92 Å². The second-order valence-corrected chi connectivity index (χ2v) is 6.56. The molecule has 0 amide bonds. The first-order chi connectivity index (χ1) is 9.15. The van der Waals surface area contributed by atoms with Gasteiger partial charge in [0.05, 0.1) is 0 Å². The van der Waals surface area contributed by atoms with Crippen molar-refractivity contribution in [2.45, 2.75) is 64.3 Å². The Bertz CT molecular complexity index is 417. The summed E-state index contributed by atoms with van der Waals surface area (Å²) in [5.41, 5.74) is 1.44. The predicted octanol–water partition coefficient (Wildman–Crippen LogP) is 3.04. The molecular formula is C17H26N2. The molecule has 2 aliphatic heterocycles. The molecule has 1 aromatic carbocycles. The van der Waals surface area contributed by atoms with E-state index in [0.29, 0.717) is 18.1 Å². The van der Waals surface area contributed by atoms with E-state index in [4.69, 9.17) is 0 Å². The summed E-state index contributed by atoms with van der Waals surface area (Å²) in [5.74, 6) is 0.829. The van der Waals surface area contributed by atoms with Crippen LogP contribution in [-0.2, 0) is 6.54 Å². The minimum atomic E-state index is 0.675. The highest BCUT2D eigenvalue weighted by Gasteiger charge is 2.43. The molecule has 1 aromatic rings. The van der Waals surface area contributed by atoms with E-state index in [1.165, 1.54) is 18.4 Å². The minimum Gasteiger partial charge on any atom is -0.311 e. The van der Waals surface area contributed by atoms with Crippen molar-refractivity contribution in [1.82, 2.24) is 10.2 Å². The maximum Gasteiger partial charge on any atom is 0.0239 e. The number of benzene rings is 1. The van der Waals surface area contributed by atoms with Crippen LogP contribution >= 0.6 is 0 Å². The molecule has 2 fully saturated rings. The number of hydrogen-bond donors (Lipinski definition) is 1. The van der Waals surface area contributed by atoms with Crippen LogP contribution in [0.1, 0.15) is 39.2 Å². The van der Waals surface area contributed by atoms with Gasteiger partial charge in [-0.2, -0.15) is 0 Å². The molecule has 19 heavy (non-hydrogen) atoms. The van der Waals surface area contributed by atoms with E-state index in [1.54, 1.807) is 0 Å². The van der Waals surface area contributed by atoms with Gasteiger partial charge < -0.3 is 5.32 Å². The second kappa shape index (κ2) is 5.26. The molecule has 2 saturated heterocycles. The number of rotatable bonds is 2. The van der Waals surface area contributed by atoms with Crippen molar-refractivity contribution in [3.05, 3.63) is 35.9 Å². The monoisotopic (exact) mass is 258 g/mol. The molecule has 0 bridgehead atoms. The second-order valence-electron chi connectivity index (χ2n) is 6.56. The number of nitrogens with one attached hydrogen (secondary N) is 1. The third-order valence-electron chi connectivity index (χ3n) is 5.15. The van der Waals surface area contributed by atoms with E-state index in [0.717, 1.165) is 18.5 Å². The average Bonchev–Trinajstić information content (AvgIpc) is 2.76. The van der Waals surface area contributed by atoms with Crippen LogP contribution in [0.4, 0.5) is 0 Å². The molecular weight excluding hydrogens is 232 g/mol. The molecule has 0 saturated carbocycles. The van der Waals surface area contributed by atoms with Gasteiger partial charge in [0.1, 0.15) is 0 Å². The zero-order valence-electron chi connectivity index (χ0n) is 12.3. The Morgan fingerprint density at radius 1 is 1.11 bits per heavy atom. The van der Waals surface area contributed by atoms with E-state index in [1.807, 2.05) is 0 Å². The fourth-order valence-corrected chi connectivity index (χ4v) is 4.15. The van der Waals surface area contributed by atoms with E-state index < -0.39 is 0 Å². The van der Waals surface area contributed by atoms with Crippen molar-refractivity contribution in [2.75, 3.05) is 0 Å². The summed E-state index contributed by atoms with van der Waals surface area (Å²) < 4.78 is 0. The summed E-state index contributed by atoms with van der Waals surface area (Å²) in [7, 11) is 0. The number of nitrogens with zero attached hydrogens (tertiary/aromatic N) is 1. The number of fused-ring (bicyclic) bond motifs is 1. The average molecular weight is 258 g/mol. The molecule has 5 atom stereocenters.